The Balaban J connectivity index is 1.62. The number of amides is 2. The van der Waals surface area contributed by atoms with Gasteiger partial charge in [0.1, 0.15) is 17.2 Å². The Kier molecular flexibility index (Phi) is 7.11. The number of nitrogens with one attached hydrogen (secondary N) is 2. The van der Waals surface area contributed by atoms with Crippen LogP contribution in [0, 0.1) is 15.9 Å². The number of carbonyl (C=O) groups excluding carboxylic acids is 2. The summed E-state index contributed by atoms with van der Waals surface area (Å²) in [5.41, 5.74) is 1.63. The lowest BCUT2D eigenvalue weighted by Crippen LogP contribution is -2.40. The first-order chi connectivity index (χ1) is 19.6. The molecule has 41 heavy (non-hydrogen) atoms. The van der Waals surface area contributed by atoms with Gasteiger partial charge in [0.15, 0.2) is 0 Å². The number of fused-ring (bicyclic) bond motifs is 1. The van der Waals surface area contributed by atoms with Gasteiger partial charge in [-0.15, -0.1) is 0 Å². The molecule has 0 saturated heterocycles. The van der Waals surface area contributed by atoms with Crippen molar-refractivity contribution in [2.45, 2.75) is 19.4 Å². The lowest BCUT2D eigenvalue weighted by atomic mass is 9.93. The minimum Gasteiger partial charge on any atom is -0.455 e. The van der Waals surface area contributed by atoms with Gasteiger partial charge in [-0.1, -0.05) is 42.5 Å². The van der Waals surface area contributed by atoms with Crippen LogP contribution in [0.4, 0.5) is 10.1 Å². The predicted octanol–water partition coefficient (Wildman–Crippen LogP) is 6.84. The molecule has 4 aromatic carbocycles. The highest BCUT2D eigenvalue weighted by molar-refractivity contribution is 6.12. The largest absolute Gasteiger partial charge is 0.455 e. The Morgan fingerprint density at radius 1 is 0.878 bits per heavy atom. The smallest absolute Gasteiger partial charge is 0.280 e. The summed E-state index contributed by atoms with van der Waals surface area (Å²) in [6.45, 7) is 3.78. The molecule has 2 amide bonds. The zero-order chi connectivity index (χ0) is 29.3. The van der Waals surface area contributed by atoms with Crippen molar-refractivity contribution in [3.8, 4) is 22.5 Å². The minimum absolute atomic E-state index is 0.122. The van der Waals surface area contributed by atoms with Gasteiger partial charge in [0, 0.05) is 23.6 Å². The minimum atomic E-state index is -0.671. The highest BCUT2D eigenvalue weighted by atomic mass is 19.1. The maximum atomic E-state index is 13.6. The number of hydrogen-bond donors (Lipinski definition) is 2. The Morgan fingerprint density at radius 3 is 2.24 bits per heavy atom. The third-order valence-electron chi connectivity index (χ3n) is 6.92. The number of nitro groups is 1. The average molecular weight is 552 g/mol. The van der Waals surface area contributed by atoms with E-state index in [0.29, 0.717) is 22.1 Å². The lowest BCUT2D eigenvalue weighted by molar-refractivity contribution is -0.384. The predicted molar refractivity (Wildman–Crippen MR) is 154 cm³/mol. The van der Waals surface area contributed by atoms with Gasteiger partial charge in [0.25, 0.3) is 17.5 Å². The Morgan fingerprint density at radius 2 is 1.59 bits per heavy atom. The molecular formula is C32H26FN3O5. The number of hydrogen-bond acceptors (Lipinski definition) is 5. The third kappa shape index (κ3) is 5.29. The molecule has 0 unspecified atom stereocenters. The highest BCUT2D eigenvalue weighted by Gasteiger charge is 2.27. The number of benzene rings is 4. The van der Waals surface area contributed by atoms with E-state index in [9.17, 15) is 24.1 Å². The van der Waals surface area contributed by atoms with Gasteiger partial charge in [-0.3, -0.25) is 19.7 Å². The van der Waals surface area contributed by atoms with Crippen LogP contribution in [0.3, 0.4) is 0 Å². The Hall–Kier alpha value is -5.31. The Bertz CT molecular complexity index is 1790. The van der Waals surface area contributed by atoms with E-state index < -0.39 is 22.2 Å². The topological polar surface area (TPSA) is 114 Å². The van der Waals surface area contributed by atoms with Crippen molar-refractivity contribution in [3.05, 3.63) is 124 Å². The molecule has 0 aliphatic heterocycles. The number of rotatable bonds is 7. The molecule has 0 bridgehead atoms. The van der Waals surface area contributed by atoms with Crippen molar-refractivity contribution >= 4 is 28.5 Å². The SMILES string of the molecule is CNC(=O)c1c(-c2ccc(F)cc2)oc2cc([N+](=O)[O-])c(-c3cccc(C(=O)NC(C)(C)c4ccccc4)c3)cc12. The van der Waals surface area contributed by atoms with Crippen LogP contribution in [0.1, 0.15) is 40.1 Å². The zero-order valence-electron chi connectivity index (χ0n) is 22.5. The first-order valence-electron chi connectivity index (χ1n) is 12.8. The third-order valence-corrected chi connectivity index (χ3v) is 6.92. The maximum absolute atomic E-state index is 13.6. The second-order valence-corrected chi connectivity index (χ2v) is 10.0. The first kappa shape index (κ1) is 27.3. The summed E-state index contributed by atoms with van der Waals surface area (Å²) in [4.78, 5) is 37.9. The zero-order valence-corrected chi connectivity index (χ0v) is 22.5. The van der Waals surface area contributed by atoms with Crippen LogP contribution in [0.5, 0.6) is 0 Å². The van der Waals surface area contributed by atoms with E-state index in [1.807, 2.05) is 44.2 Å². The summed E-state index contributed by atoms with van der Waals surface area (Å²) in [5, 5.41) is 18.1. The number of nitrogens with zero attached hydrogens (tertiary/aromatic N) is 1. The standard InChI is InChI=1S/C32H26FN3O5/c1-32(2,22-10-5-4-6-11-22)35-30(37)21-9-7-8-20(16-21)24-17-25-27(18-26(24)36(39)40)41-29(28(25)31(38)34-3)19-12-14-23(33)15-13-19/h4-18H,1-3H3,(H,34,38)(H,35,37). The second-order valence-electron chi connectivity index (χ2n) is 10.0. The van der Waals surface area contributed by atoms with E-state index in [1.165, 1.54) is 43.4 Å². The van der Waals surface area contributed by atoms with Gasteiger partial charge in [-0.05, 0) is 67.4 Å². The summed E-state index contributed by atoms with van der Waals surface area (Å²) < 4.78 is 19.5. The fourth-order valence-corrected chi connectivity index (χ4v) is 4.78. The van der Waals surface area contributed by atoms with Gasteiger partial charge in [-0.25, -0.2) is 4.39 Å². The summed E-state index contributed by atoms with van der Waals surface area (Å²) in [6, 6.07) is 24.2. The average Bonchev–Trinajstić information content (AvgIpc) is 3.35. The molecule has 2 N–H and O–H groups in total. The van der Waals surface area contributed by atoms with Crippen LogP contribution >= 0.6 is 0 Å². The molecule has 1 aromatic heterocycles. The van der Waals surface area contributed by atoms with Crippen LogP contribution in [-0.4, -0.2) is 23.8 Å². The van der Waals surface area contributed by atoms with Crippen LogP contribution < -0.4 is 10.6 Å². The monoisotopic (exact) mass is 551 g/mol. The molecule has 206 valence electrons. The molecule has 0 saturated carbocycles. The maximum Gasteiger partial charge on any atom is 0.280 e. The molecule has 0 aliphatic carbocycles. The summed E-state index contributed by atoms with van der Waals surface area (Å²) in [5.74, 6) is -1.13. The van der Waals surface area contributed by atoms with Crippen LogP contribution in [0.15, 0.2) is 95.4 Å². The summed E-state index contributed by atoms with van der Waals surface area (Å²) >= 11 is 0. The summed E-state index contributed by atoms with van der Waals surface area (Å²) in [6.07, 6.45) is 0. The van der Waals surface area contributed by atoms with Crippen LogP contribution in [0.2, 0.25) is 0 Å². The molecule has 0 atom stereocenters. The van der Waals surface area contributed by atoms with Crippen molar-refractivity contribution < 1.29 is 23.3 Å². The van der Waals surface area contributed by atoms with Crippen molar-refractivity contribution in [2.75, 3.05) is 7.05 Å². The fourth-order valence-electron chi connectivity index (χ4n) is 4.78. The van der Waals surface area contributed by atoms with Gasteiger partial charge >= 0.3 is 0 Å². The van der Waals surface area contributed by atoms with E-state index in [-0.39, 0.29) is 34.1 Å². The molecule has 0 fully saturated rings. The summed E-state index contributed by atoms with van der Waals surface area (Å²) in [7, 11) is 1.46. The van der Waals surface area contributed by atoms with Crippen molar-refractivity contribution in [3.63, 3.8) is 0 Å². The van der Waals surface area contributed by atoms with E-state index in [1.54, 1.807) is 24.3 Å². The van der Waals surface area contributed by atoms with Gasteiger partial charge in [-0.2, -0.15) is 0 Å². The molecule has 0 aliphatic rings. The van der Waals surface area contributed by atoms with Gasteiger partial charge < -0.3 is 15.1 Å². The Labute approximate surface area is 235 Å². The molecular weight excluding hydrogens is 525 g/mol. The molecule has 8 nitrogen and oxygen atoms in total. The van der Waals surface area contributed by atoms with Crippen LogP contribution in [0.25, 0.3) is 33.4 Å². The molecule has 5 aromatic rings. The van der Waals surface area contributed by atoms with E-state index in [0.717, 1.165) is 5.56 Å². The number of halogens is 1. The van der Waals surface area contributed by atoms with Crippen molar-refractivity contribution in [2.24, 2.45) is 0 Å². The molecule has 1 heterocycles. The van der Waals surface area contributed by atoms with Gasteiger partial charge in [0.2, 0.25) is 0 Å². The highest BCUT2D eigenvalue weighted by Crippen LogP contribution is 2.40. The van der Waals surface area contributed by atoms with E-state index in [4.69, 9.17) is 4.42 Å². The number of furan rings is 1. The van der Waals surface area contributed by atoms with Crippen LogP contribution in [-0.2, 0) is 5.54 Å². The van der Waals surface area contributed by atoms with Crippen molar-refractivity contribution in [1.29, 1.82) is 0 Å². The lowest BCUT2D eigenvalue weighted by Gasteiger charge is -2.27. The number of nitro benzene ring substituents is 1. The second kappa shape index (κ2) is 10.7. The fraction of sp³-hybridized carbons (Fsp3) is 0.125. The van der Waals surface area contributed by atoms with E-state index in [2.05, 4.69) is 10.6 Å². The van der Waals surface area contributed by atoms with Gasteiger partial charge in [0.05, 0.1) is 27.7 Å². The quantitative estimate of drug-likeness (QED) is 0.170. The van der Waals surface area contributed by atoms with Crippen molar-refractivity contribution in [1.82, 2.24) is 10.6 Å². The first-order valence-corrected chi connectivity index (χ1v) is 12.8. The normalized spacial score (nSPS) is 11.3. The molecule has 0 radical (unpaired) electrons. The number of carbonyl (C=O) groups is 2. The molecule has 9 heteroatoms. The molecule has 0 spiro atoms. The molecule has 5 rings (SSSR count). The van der Waals surface area contributed by atoms with E-state index >= 15 is 0 Å².